The molecule has 1 aromatic carbocycles. The lowest BCUT2D eigenvalue weighted by atomic mass is 9.74. The number of hydrogen-bond donors (Lipinski definition) is 1. The highest BCUT2D eigenvalue weighted by Gasteiger charge is 2.35. The van der Waals surface area contributed by atoms with E-state index in [2.05, 4.69) is 39.4 Å². The van der Waals surface area contributed by atoms with Gasteiger partial charge in [-0.3, -0.25) is 0 Å². The summed E-state index contributed by atoms with van der Waals surface area (Å²) < 4.78 is 1.30. The topological polar surface area (TPSA) is 12.0 Å². The number of rotatable bonds is 0. The average molecular weight is 280 g/mol. The van der Waals surface area contributed by atoms with E-state index in [1.807, 2.05) is 0 Å². The minimum Gasteiger partial charge on any atom is -0.311 e. The van der Waals surface area contributed by atoms with E-state index in [4.69, 9.17) is 0 Å². The first-order valence-electron chi connectivity index (χ1n) is 6.30. The van der Waals surface area contributed by atoms with Crippen molar-refractivity contribution in [3.8, 4) is 0 Å². The third-order valence-corrected chi connectivity index (χ3v) is 4.92. The molecule has 86 valence electrons. The van der Waals surface area contributed by atoms with E-state index in [-0.39, 0.29) is 0 Å². The van der Waals surface area contributed by atoms with Gasteiger partial charge in [0.2, 0.25) is 0 Å². The molecule has 1 nitrogen and oxygen atoms in total. The Hall–Kier alpha value is -0.340. The first kappa shape index (κ1) is 10.8. The minimum atomic E-state index is 0.423. The van der Waals surface area contributed by atoms with Crippen LogP contribution in [0.2, 0.25) is 0 Å². The zero-order valence-electron chi connectivity index (χ0n) is 9.56. The molecule has 1 heterocycles. The van der Waals surface area contributed by atoms with Crippen LogP contribution in [0.1, 0.15) is 36.8 Å². The van der Waals surface area contributed by atoms with Gasteiger partial charge in [0.25, 0.3) is 0 Å². The number of nitrogens with one attached hydrogen (secondary N) is 1. The average Bonchev–Trinajstić information content (AvgIpc) is 2.30. The Labute approximate surface area is 106 Å². The molecule has 1 aliphatic carbocycles. The van der Waals surface area contributed by atoms with E-state index in [1.54, 1.807) is 11.1 Å². The zero-order valence-corrected chi connectivity index (χ0v) is 11.1. The van der Waals surface area contributed by atoms with Gasteiger partial charge >= 0.3 is 0 Å². The molecule has 16 heavy (non-hydrogen) atoms. The smallest absolute Gasteiger partial charge is 0.0225 e. The molecule has 3 rings (SSSR count). The third kappa shape index (κ3) is 1.82. The quantitative estimate of drug-likeness (QED) is 0.767. The van der Waals surface area contributed by atoms with E-state index in [9.17, 15) is 0 Å². The molecule has 2 heteroatoms. The zero-order chi connectivity index (χ0) is 11.0. The van der Waals surface area contributed by atoms with Gasteiger partial charge in [-0.1, -0.05) is 34.5 Å². The molecule has 1 aliphatic heterocycles. The van der Waals surface area contributed by atoms with E-state index in [1.165, 1.54) is 49.5 Å². The van der Waals surface area contributed by atoms with Crippen LogP contribution in [-0.2, 0) is 12.8 Å². The van der Waals surface area contributed by atoms with E-state index < -0.39 is 0 Å². The van der Waals surface area contributed by atoms with Gasteiger partial charge in [0.15, 0.2) is 0 Å². The van der Waals surface area contributed by atoms with Crippen LogP contribution in [0.4, 0.5) is 0 Å². The first-order chi connectivity index (χ1) is 7.79. The van der Waals surface area contributed by atoms with Crippen molar-refractivity contribution in [2.75, 3.05) is 6.54 Å². The van der Waals surface area contributed by atoms with Crippen LogP contribution in [0.5, 0.6) is 0 Å². The maximum atomic E-state index is 3.78. The van der Waals surface area contributed by atoms with Crippen molar-refractivity contribution in [3.05, 3.63) is 33.8 Å². The molecule has 1 saturated heterocycles. The third-order valence-electron chi connectivity index (χ3n) is 4.18. The molecule has 0 radical (unpaired) electrons. The summed E-state index contributed by atoms with van der Waals surface area (Å²) in [6.45, 7) is 1.21. The van der Waals surface area contributed by atoms with Gasteiger partial charge in [0.1, 0.15) is 0 Å². The predicted molar refractivity (Wildman–Crippen MR) is 70.8 cm³/mol. The lowest BCUT2D eigenvalue weighted by molar-refractivity contribution is 0.225. The summed E-state index contributed by atoms with van der Waals surface area (Å²) in [5.74, 6) is 0. The van der Waals surface area contributed by atoms with E-state index in [0.29, 0.717) is 5.54 Å². The summed E-state index contributed by atoms with van der Waals surface area (Å²) in [5.41, 5.74) is 3.52. The molecule has 1 N–H and O–H groups in total. The fraction of sp³-hybridized carbons (Fsp3) is 0.571. The summed E-state index contributed by atoms with van der Waals surface area (Å²) in [7, 11) is 0. The minimum absolute atomic E-state index is 0.423. The molecule has 0 aromatic heterocycles. The second kappa shape index (κ2) is 4.15. The standard InChI is InChI=1S/C14H18BrN/c15-13-5-3-4-11-10-14(8-6-12(11)13)7-1-2-9-16-14/h3-5,16H,1-2,6-10H2. The Morgan fingerprint density at radius 3 is 2.94 bits per heavy atom. The molecule has 1 aromatic rings. The fourth-order valence-electron chi connectivity index (χ4n) is 3.26. The SMILES string of the molecule is Brc1cccc2c1CCC1(CCCCN1)C2. The number of halogens is 1. The predicted octanol–water partition coefficient (Wildman–Crippen LogP) is 3.45. The van der Waals surface area contributed by atoms with Gasteiger partial charge in [-0.15, -0.1) is 0 Å². The normalized spacial score (nSPS) is 29.1. The van der Waals surface area contributed by atoms with Gasteiger partial charge < -0.3 is 5.32 Å². The molecule has 0 bridgehead atoms. The Balaban J connectivity index is 1.91. The van der Waals surface area contributed by atoms with Crippen molar-refractivity contribution in [2.24, 2.45) is 0 Å². The van der Waals surface area contributed by atoms with Crippen LogP contribution in [-0.4, -0.2) is 12.1 Å². The van der Waals surface area contributed by atoms with Gasteiger partial charge in [-0.25, -0.2) is 0 Å². The monoisotopic (exact) mass is 279 g/mol. The van der Waals surface area contributed by atoms with Gasteiger partial charge in [0, 0.05) is 10.0 Å². The Morgan fingerprint density at radius 1 is 1.19 bits per heavy atom. The van der Waals surface area contributed by atoms with Crippen LogP contribution in [0.3, 0.4) is 0 Å². The van der Waals surface area contributed by atoms with E-state index >= 15 is 0 Å². The summed E-state index contributed by atoms with van der Waals surface area (Å²) in [6, 6.07) is 6.65. The number of piperidine rings is 1. The largest absolute Gasteiger partial charge is 0.311 e. The van der Waals surface area contributed by atoms with Crippen LogP contribution >= 0.6 is 15.9 Å². The van der Waals surface area contributed by atoms with Crippen molar-refractivity contribution >= 4 is 15.9 Å². The van der Waals surface area contributed by atoms with Crippen LogP contribution in [0, 0.1) is 0 Å². The van der Waals surface area contributed by atoms with Gasteiger partial charge in [0.05, 0.1) is 0 Å². The highest BCUT2D eigenvalue weighted by molar-refractivity contribution is 9.10. The Morgan fingerprint density at radius 2 is 2.12 bits per heavy atom. The molecule has 2 aliphatic rings. The molecule has 1 spiro atoms. The van der Waals surface area contributed by atoms with Crippen LogP contribution < -0.4 is 5.32 Å². The molecule has 0 amide bonds. The maximum absolute atomic E-state index is 3.78. The number of benzene rings is 1. The highest BCUT2D eigenvalue weighted by atomic mass is 79.9. The Kier molecular flexibility index (Phi) is 2.80. The fourth-order valence-corrected chi connectivity index (χ4v) is 3.87. The van der Waals surface area contributed by atoms with Crippen molar-refractivity contribution in [2.45, 2.75) is 44.1 Å². The van der Waals surface area contributed by atoms with Gasteiger partial charge in [-0.2, -0.15) is 0 Å². The van der Waals surface area contributed by atoms with Crippen molar-refractivity contribution in [1.82, 2.24) is 5.32 Å². The molecule has 1 fully saturated rings. The highest BCUT2D eigenvalue weighted by Crippen LogP contribution is 2.36. The van der Waals surface area contributed by atoms with Crippen molar-refractivity contribution in [3.63, 3.8) is 0 Å². The molecular weight excluding hydrogens is 262 g/mol. The summed E-state index contributed by atoms with van der Waals surface area (Å²) in [4.78, 5) is 0. The van der Waals surface area contributed by atoms with E-state index in [0.717, 1.165) is 0 Å². The maximum Gasteiger partial charge on any atom is 0.0225 e. The summed E-state index contributed by atoms with van der Waals surface area (Å²) in [6.07, 6.45) is 7.87. The molecule has 0 saturated carbocycles. The molecule has 1 unspecified atom stereocenters. The second-order valence-corrected chi connectivity index (χ2v) is 6.07. The lowest BCUT2D eigenvalue weighted by Gasteiger charge is -2.42. The summed E-state index contributed by atoms with van der Waals surface area (Å²) in [5, 5.41) is 3.78. The second-order valence-electron chi connectivity index (χ2n) is 5.22. The molecular formula is C14H18BrN. The van der Waals surface area contributed by atoms with Crippen LogP contribution in [0.25, 0.3) is 0 Å². The van der Waals surface area contributed by atoms with Gasteiger partial charge in [-0.05, 0) is 55.8 Å². The number of hydrogen-bond acceptors (Lipinski definition) is 1. The molecule has 1 atom stereocenters. The lowest BCUT2D eigenvalue weighted by Crippen LogP contribution is -2.52. The first-order valence-corrected chi connectivity index (χ1v) is 7.10. The number of fused-ring (bicyclic) bond motifs is 1. The van der Waals surface area contributed by atoms with Crippen LogP contribution in [0.15, 0.2) is 22.7 Å². The van der Waals surface area contributed by atoms with Crippen molar-refractivity contribution < 1.29 is 0 Å². The Bertz CT molecular complexity index is 394. The van der Waals surface area contributed by atoms with Crippen molar-refractivity contribution in [1.29, 1.82) is 0 Å². The summed E-state index contributed by atoms with van der Waals surface area (Å²) >= 11 is 3.67.